The van der Waals surface area contributed by atoms with E-state index in [0.29, 0.717) is 0 Å². The largest absolute Gasteiger partial charge is 0.394 e. The Morgan fingerprint density at radius 2 is 1.14 bits per heavy atom. The first-order valence-electron chi connectivity index (χ1n) is 16.0. The molecule has 0 bridgehead atoms. The summed E-state index contributed by atoms with van der Waals surface area (Å²) in [6.07, 6.45) is -30.7. The first kappa shape index (κ1) is 43.6. The summed E-state index contributed by atoms with van der Waals surface area (Å²) in [6, 6.07) is -3.06. The number of rotatable bonds is 16. The second kappa shape index (κ2) is 19.5. The Morgan fingerprint density at radius 1 is 0.627 bits per heavy atom. The third-order valence-electron chi connectivity index (χ3n) is 8.67. The van der Waals surface area contributed by atoms with E-state index in [1.807, 2.05) is 0 Å². The summed E-state index contributed by atoms with van der Waals surface area (Å²) in [5.41, 5.74) is 0. The Labute approximate surface area is 290 Å². The van der Waals surface area contributed by atoms with Crippen molar-refractivity contribution in [2.24, 2.45) is 0 Å². The van der Waals surface area contributed by atoms with Crippen molar-refractivity contribution in [3.63, 3.8) is 0 Å². The summed E-state index contributed by atoms with van der Waals surface area (Å²) in [4.78, 5) is 23.9. The van der Waals surface area contributed by atoms with E-state index in [0.717, 1.165) is 13.8 Å². The molecule has 3 aliphatic rings. The van der Waals surface area contributed by atoms with Crippen molar-refractivity contribution < 1.29 is 104 Å². The molecule has 0 radical (unpaired) electrons. The minimum atomic E-state index is -2.10. The molecule has 298 valence electrons. The van der Waals surface area contributed by atoms with Crippen LogP contribution in [0, 0.1) is 0 Å². The van der Waals surface area contributed by atoms with Gasteiger partial charge >= 0.3 is 0 Å². The van der Waals surface area contributed by atoms with Crippen LogP contribution < -0.4 is 10.6 Å². The molecule has 0 aromatic heterocycles. The van der Waals surface area contributed by atoms with Gasteiger partial charge in [-0.2, -0.15) is 0 Å². The highest BCUT2D eigenvalue weighted by Gasteiger charge is 2.54. The van der Waals surface area contributed by atoms with Crippen LogP contribution in [0.4, 0.5) is 0 Å². The third-order valence-corrected chi connectivity index (χ3v) is 8.67. The molecule has 23 nitrogen and oxygen atoms in total. The Kier molecular flexibility index (Phi) is 16.7. The average molecular weight is 751 g/mol. The molecule has 3 fully saturated rings. The summed E-state index contributed by atoms with van der Waals surface area (Å²) in [6.45, 7) is -2.42. The summed E-state index contributed by atoms with van der Waals surface area (Å²) in [5.74, 6) is -1.46. The molecule has 23 heteroatoms. The van der Waals surface area contributed by atoms with E-state index in [1.165, 1.54) is 0 Å². The summed E-state index contributed by atoms with van der Waals surface area (Å²) >= 11 is 0. The highest BCUT2D eigenvalue weighted by atomic mass is 16.8. The van der Waals surface area contributed by atoms with Gasteiger partial charge in [0.25, 0.3) is 0 Å². The molecular formula is C28H50N2O21. The number of carbonyl (C=O) groups is 2. The zero-order chi connectivity index (χ0) is 38.3. The van der Waals surface area contributed by atoms with Crippen LogP contribution >= 0.6 is 0 Å². The average Bonchev–Trinajstić information content (AvgIpc) is 3.10. The lowest BCUT2D eigenvalue weighted by atomic mass is 9.94. The SMILES string of the molecule is CC(=O)N[C@H]1[C@H](O[C@@H]2[C@H](O)[C@@H](O)[C@H](O[C@@H]([C@@H](O)[C@H](O)CO)[C@H](CO)NC(C)=O)O[C@@H]2CO)O[C@H](CO)[C@@H](O[C@@H]2O[C@H](CO)[C@@H](O)[C@H](O)[C@H]2O)[C@@H]1O. The van der Waals surface area contributed by atoms with Crippen molar-refractivity contribution >= 4 is 11.8 Å². The Hall–Kier alpha value is -1.82. The number of nitrogens with one attached hydrogen (secondary N) is 2. The molecular weight excluding hydrogens is 700 g/mol. The molecule has 0 spiro atoms. The number of aliphatic hydroxyl groups excluding tert-OH is 13. The van der Waals surface area contributed by atoms with Crippen LogP contribution in [0.2, 0.25) is 0 Å². The van der Waals surface area contributed by atoms with Crippen LogP contribution in [0.5, 0.6) is 0 Å². The van der Waals surface area contributed by atoms with Crippen molar-refractivity contribution in [3.05, 3.63) is 0 Å². The highest BCUT2D eigenvalue weighted by molar-refractivity contribution is 5.73. The fourth-order valence-corrected chi connectivity index (χ4v) is 5.95. The predicted molar refractivity (Wildman–Crippen MR) is 159 cm³/mol. The predicted octanol–water partition coefficient (Wildman–Crippen LogP) is -9.83. The molecule has 15 N–H and O–H groups in total. The number of ether oxygens (including phenoxy) is 6. The van der Waals surface area contributed by atoms with Crippen molar-refractivity contribution in [2.75, 3.05) is 33.0 Å². The van der Waals surface area contributed by atoms with Crippen molar-refractivity contribution in [1.82, 2.24) is 10.6 Å². The lowest BCUT2D eigenvalue weighted by Crippen LogP contribution is -2.69. The molecule has 0 unspecified atom stereocenters. The van der Waals surface area contributed by atoms with Gasteiger partial charge in [-0.3, -0.25) is 9.59 Å². The molecule has 0 aromatic carbocycles. The van der Waals surface area contributed by atoms with Gasteiger partial charge in [0.15, 0.2) is 18.9 Å². The lowest BCUT2D eigenvalue weighted by Gasteiger charge is -2.49. The van der Waals surface area contributed by atoms with Crippen molar-refractivity contribution in [1.29, 1.82) is 0 Å². The number of hydrogen-bond donors (Lipinski definition) is 15. The fraction of sp³-hybridized carbons (Fsp3) is 0.929. The van der Waals surface area contributed by atoms with E-state index in [9.17, 15) is 76.0 Å². The van der Waals surface area contributed by atoms with E-state index in [-0.39, 0.29) is 0 Å². The molecule has 3 heterocycles. The van der Waals surface area contributed by atoms with Gasteiger partial charge in [0, 0.05) is 13.8 Å². The molecule has 0 aromatic rings. The molecule has 51 heavy (non-hydrogen) atoms. The van der Waals surface area contributed by atoms with Crippen LogP contribution in [-0.4, -0.2) is 228 Å². The minimum Gasteiger partial charge on any atom is -0.394 e. The Bertz CT molecular complexity index is 1090. The topological polar surface area (TPSA) is 377 Å². The quantitative estimate of drug-likeness (QED) is 0.0696. The zero-order valence-electron chi connectivity index (χ0n) is 27.6. The van der Waals surface area contributed by atoms with E-state index in [1.54, 1.807) is 0 Å². The van der Waals surface area contributed by atoms with Crippen LogP contribution in [0.3, 0.4) is 0 Å². The van der Waals surface area contributed by atoms with Crippen LogP contribution in [-0.2, 0) is 38.0 Å². The number of hydrogen-bond acceptors (Lipinski definition) is 21. The van der Waals surface area contributed by atoms with E-state index in [2.05, 4.69) is 10.6 Å². The maximum Gasteiger partial charge on any atom is 0.217 e. The van der Waals surface area contributed by atoms with Crippen LogP contribution in [0.25, 0.3) is 0 Å². The van der Waals surface area contributed by atoms with E-state index >= 15 is 0 Å². The van der Waals surface area contributed by atoms with Crippen LogP contribution in [0.15, 0.2) is 0 Å². The Balaban J connectivity index is 1.84. The fourth-order valence-electron chi connectivity index (χ4n) is 5.95. The molecule has 0 aliphatic carbocycles. The van der Waals surface area contributed by atoms with E-state index in [4.69, 9.17) is 28.4 Å². The second-order valence-corrected chi connectivity index (χ2v) is 12.4. The monoisotopic (exact) mass is 750 g/mol. The number of aliphatic hydroxyl groups is 13. The van der Waals surface area contributed by atoms with Gasteiger partial charge in [0.05, 0.1) is 39.1 Å². The maximum atomic E-state index is 12.2. The van der Waals surface area contributed by atoms with Gasteiger partial charge in [-0.25, -0.2) is 0 Å². The smallest absolute Gasteiger partial charge is 0.217 e. The summed E-state index contributed by atoms with van der Waals surface area (Å²) < 4.78 is 33.7. The molecule has 3 rings (SSSR count). The highest BCUT2D eigenvalue weighted by Crippen LogP contribution is 2.33. The zero-order valence-corrected chi connectivity index (χ0v) is 27.6. The molecule has 0 saturated carbocycles. The molecule has 3 aliphatic heterocycles. The van der Waals surface area contributed by atoms with Gasteiger partial charge in [0.2, 0.25) is 11.8 Å². The van der Waals surface area contributed by atoms with Crippen LogP contribution in [0.1, 0.15) is 13.8 Å². The van der Waals surface area contributed by atoms with Gasteiger partial charge < -0.3 is 105 Å². The van der Waals surface area contributed by atoms with Gasteiger partial charge in [-0.05, 0) is 0 Å². The molecule has 3 saturated heterocycles. The van der Waals surface area contributed by atoms with Gasteiger partial charge in [0.1, 0.15) is 91.5 Å². The minimum absolute atomic E-state index is 0.703. The number of carbonyl (C=O) groups excluding carboxylic acids is 2. The number of amides is 2. The lowest BCUT2D eigenvalue weighted by molar-refractivity contribution is -0.371. The third kappa shape index (κ3) is 10.2. The van der Waals surface area contributed by atoms with E-state index < -0.39 is 161 Å². The normalized spacial score (nSPS) is 41.3. The van der Waals surface area contributed by atoms with Crippen molar-refractivity contribution in [2.45, 2.75) is 130 Å². The second-order valence-electron chi connectivity index (χ2n) is 12.4. The standard InChI is InChI=1S/C28H50N2O21/c1-8(36)29-10(3-31)23(16(39)11(38)4-32)49-28-22(45)20(43)25(14(7-35)48-28)50-26-15(30-9(2)37)18(41)24(13(6-34)47-26)51-27-21(44)19(42)17(40)12(5-33)46-27/h10-28,31-35,38-45H,3-7H2,1-2H3,(H,29,36)(H,30,37)/t10-,11+,12+,13+,14+,15+,16-,17+,18+,19-,20+,21+,22+,23+,24+,25-,26-,27-,28-/m0/s1. The molecule has 2 amide bonds. The summed E-state index contributed by atoms with van der Waals surface area (Å²) in [7, 11) is 0. The first-order valence-corrected chi connectivity index (χ1v) is 16.0. The maximum absolute atomic E-state index is 12.2. The van der Waals surface area contributed by atoms with Gasteiger partial charge in [-0.15, -0.1) is 0 Å². The first-order chi connectivity index (χ1) is 24.0. The van der Waals surface area contributed by atoms with Gasteiger partial charge in [-0.1, -0.05) is 0 Å². The summed E-state index contributed by atoms with van der Waals surface area (Å²) in [5, 5.41) is 138. The van der Waals surface area contributed by atoms with Crippen molar-refractivity contribution in [3.8, 4) is 0 Å². The molecule has 19 atom stereocenters. The Morgan fingerprint density at radius 3 is 1.65 bits per heavy atom.